The molecule has 1 aromatic rings. The standard InChI is InChI=1S/C11H13FN2O4S/c1-18-11-9(14(15)16)5-4-8(12)10(11)13-19(17)6-2-3-7-19/h4-5H,2-3,6-7H2,1H3. The highest BCUT2D eigenvalue weighted by molar-refractivity contribution is 7.93. The van der Waals surface area contributed by atoms with Crippen molar-refractivity contribution in [2.45, 2.75) is 12.8 Å². The summed E-state index contributed by atoms with van der Waals surface area (Å²) in [4.78, 5) is 10.2. The molecule has 1 aliphatic rings. The van der Waals surface area contributed by atoms with Gasteiger partial charge in [-0.25, -0.2) is 8.60 Å². The fourth-order valence-corrected chi connectivity index (χ4v) is 4.18. The third-order valence-electron chi connectivity index (χ3n) is 2.90. The fraction of sp³-hybridized carbons (Fsp3) is 0.455. The second-order valence-electron chi connectivity index (χ2n) is 4.18. The molecule has 19 heavy (non-hydrogen) atoms. The van der Waals surface area contributed by atoms with Crippen LogP contribution < -0.4 is 4.74 Å². The van der Waals surface area contributed by atoms with E-state index in [2.05, 4.69) is 4.36 Å². The second kappa shape index (κ2) is 5.12. The fourth-order valence-electron chi connectivity index (χ4n) is 1.98. The minimum absolute atomic E-state index is 0.278. The van der Waals surface area contributed by atoms with Gasteiger partial charge in [0.05, 0.1) is 21.8 Å². The van der Waals surface area contributed by atoms with Gasteiger partial charge in [0.2, 0.25) is 5.75 Å². The summed E-state index contributed by atoms with van der Waals surface area (Å²) in [5.74, 6) is -0.270. The van der Waals surface area contributed by atoms with Crippen LogP contribution in [0.5, 0.6) is 5.75 Å². The Kier molecular flexibility index (Phi) is 3.70. The summed E-state index contributed by atoms with van der Waals surface area (Å²) in [6.07, 6.45) is 1.53. The summed E-state index contributed by atoms with van der Waals surface area (Å²) in [6.45, 7) is 0. The van der Waals surface area contributed by atoms with Crippen LogP contribution in [-0.4, -0.2) is 27.7 Å². The van der Waals surface area contributed by atoms with Gasteiger partial charge in [-0.2, -0.15) is 4.36 Å². The zero-order chi connectivity index (χ0) is 14.0. The Morgan fingerprint density at radius 1 is 1.42 bits per heavy atom. The smallest absolute Gasteiger partial charge is 0.313 e. The summed E-state index contributed by atoms with van der Waals surface area (Å²) in [5, 5.41) is 10.9. The van der Waals surface area contributed by atoms with E-state index < -0.39 is 20.5 Å². The van der Waals surface area contributed by atoms with E-state index in [9.17, 15) is 18.7 Å². The molecule has 1 aromatic carbocycles. The van der Waals surface area contributed by atoms with Crippen LogP contribution in [0.4, 0.5) is 15.8 Å². The van der Waals surface area contributed by atoms with Gasteiger partial charge in [0.1, 0.15) is 0 Å². The van der Waals surface area contributed by atoms with E-state index in [0.717, 1.165) is 25.0 Å². The lowest BCUT2D eigenvalue weighted by Crippen LogP contribution is -2.02. The van der Waals surface area contributed by atoms with Crippen LogP contribution in [0.3, 0.4) is 0 Å². The van der Waals surface area contributed by atoms with Gasteiger partial charge in [-0.1, -0.05) is 0 Å². The van der Waals surface area contributed by atoms with Gasteiger partial charge in [0, 0.05) is 17.6 Å². The maximum absolute atomic E-state index is 13.8. The van der Waals surface area contributed by atoms with Crippen molar-refractivity contribution in [2.24, 2.45) is 4.36 Å². The molecule has 0 radical (unpaired) electrons. The predicted octanol–water partition coefficient (Wildman–Crippen LogP) is 2.64. The lowest BCUT2D eigenvalue weighted by atomic mass is 10.2. The SMILES string of the molecule is COc1c([N+](=O)[O-])ccc(F)c1N=S1(=O)CCCC1. The van der Waals surface area contributed by atoms with Crippen molar-refractivity contribution in [3.05, 3.63) is 28.1 Å². The number of nitro groups is 1. The molecule has 1 saturated heterocycles. The Labute approximate surface area is 109 Å². The number of halogens is 1. The summed E-state index contributed by atoms with van der Waals surface area (Å²) in [6, 6.07) is 1.95. The zero-order valence-electron chi connectivity index (χ0n) is 10.3. The highest BCUT2D eigenvalue weighted by atomic mass is 32.2. The molecule has 0 atom stereocenters. The molecular formula is C11H13FN2O4S. The van der Waals surface area contributed by atoms with E-state index in [1.165, 1.54) is 7.11 Å². The predicted molar refractivity (Wildman–Crippen MR) is 68.8 cm³/mol. The molecule has 0 bridgehead atoms. The Morgan fingerprint density at radius 2 is 2.05 bits per heavy atom. The Bertz CT molecular complexity index is 626. The summed E-state index contributed by atoms with van der Waals surface area (Å²) in [5.41, 5.74) is -0.702. The number of rotatable bonds is 3. The van der Waals surface area contributed by atoms with Gasteiger partial charge in [-0.05, 0) is 18.9 Å². The third-order valence-corrected chi connectivity index (χ3v) is 5.27. The van der Waals surface area contributed by atoms with E-state index in [1.807, 2.05) is 0 Å². The van der Waals surface area contributed by atoms with E-state index in [0.29, 0.717) is 11.5 Å². The van der Waals surface area contributed by atoms with Gasteiger partial charge in [-0.15, -0.1) is 0 Å². The van der Waals surface area contributed by atoms with Crippen molar-refractivity contribution in [3.63, 3.8) is 0 Å². The van der Waals surface area contributed by atoms with Crippen molar-refractivity contribution in [2.75, 3.05) is 18.6 Å². The lowest BCUT2D eigenvalue weighted by Gasteiger charge is -2.07. The molecule has 1 heterocycles. The monoisotopic (exact) mass is 288 g/mol. The first-order valence-electron chi connectivity index (χ1n) is 5.70. The van der Waals surface area contributed by atoms with Gasteiger partial charge in [-0.3, -0.25) is 10.1 Å². The number of benzene rings is 1. The molecule has 0 amide bonds. The molecule has 8 heteroatoms. The van der Waals surface area contributed by atoms with Crippen LogP contribution >= 0.6 is 0 Å². The van der Waals surface area contributed by atoms with Crippen molar-refractivity contribution >= 4 is 21.1 Å². The van der Waals surface area contributed by atoms with Gasteiger partial charge in [0.15, 0.2) is 11.5 Å². The van der Waals surface area contributed by atoms with E-state index in [-0.39, 0.29) is 17.1 Å². The number of nitrogens with zero attached hydrogens (tertiary/aromatic N) is 2. The van der Waals surface area contributed by atoms with Gasteiger partial charge in [0.25, 0.3) is 0 Å². The first kappa shape index (κ1) is 13.7. The summed E-state index contributed by atoms with van der Waals surface area (Å²) < 4.78 is 34.9. The average molecular weight is 288 g/mol. The van der Waals surface area contributed by atoms with Crippen LogP contribution in [0, 0.1) is 15.9 Å². The summed E-state index contributed by atoms with van der Waals surface area (Å²) in [7, 11) is -1.33. The van der Waals surface area contributed by atoms with Crippen LogP contribution in [0.25, 0.3) is 0 Å². The number of methoxy groups -OCH3 is 1. The molecule has 1 aliphatic heterocycles. The highest BCUT2D eigenvalue weighted by Gasteiger charge is 2.25. The number of nitro benzene ring substituents is 1. The van der Waals surface area contributed by atoms with Gasteiger partial charge < -0.3 is 4.74 Å². The zero-order valence-corrected chi connectivity index (χ0v) is 11.1. The first-order valence-corrected chi connectivity index (χ1v) is 7.55. The molecule has 0 aromatic heterocycles. The molecule has 0 spiro atoms. The van der Waals surface area contributed by atoms with E-state index >= 15 is 0 Å². The van der Waals surface area contributed by atoms with Crippen LogP contribution in [0.15, 0.2) is 16.5 Å². The molecule has 0 N–H and O–H groups in total. The maximum Gasteiger partial charge on any atom is 0.313 e. The van der Waals surface area contributed by atoms with E-state index in [4.69, 9.17) is 4.74 Å². The lowest BCUT2D eigenvalue weighted by molar-refractivity contribution is -0.385. The Hall–Kier alpha value is -1.70. The number of hydrogen-bond donors (Lipinski definition) is 0. The van der Waals surface area contributed by atoms with Crippen molar-refractivity contribution in [1.82, 2.24) is 0 Å². The van der Waals surface area contributed by atoms with Gasteiger partial charge >= 0.3 is 5.69 Å². The Morgan fingerprint density at radius 3 is 2.58 bits per heavy atom. The third kappa shape index (κ3) is 2.67. The minimum atomic E-state index is -2.52. The minimum Gasteiger partial charge on any atom is -0.489 e. The van der Waals surface area contributed by atoms with E-state index in [1.54, 1.807) is 0 Å². The summed E-state index contributed by atoms with van der Waals surface area (Å²) >= 11 is 0. The van der Waals surface area contributed by atoms with Crippen LogP contribution in [0.2, 0.25) is 0 Å². The van der Waals surface area contributed by atoms with Crippen molar-refractivity contribution in [1.29, 1.82) is 0 Å². The maximum atomic E-state index is 13.8. The molecule has 104 valence electrons. The highest BCUT2D eigenvalue weighted by Crippen LogP contribution is 2.40. The number of hydrogen-bond acceptors (Lipinski definition) is 5. The molecule has 1 fully saturated rings. The molecular weight excluding hydrogens is 275 g/mol. The molecule has 0 saturated carbocycles. The molecule has 2 rings (SSSR count). The second-order valence-corrected chi connectivity index (χ2v) is 6.73. The van der Waals surface area contributed by atoms with Crippen LogP contribution in [-0.2, 0) is 9.73 Å². The average Bonchev–Trinajstić information content (AvgIpc) is 2.78. The first-order chi connectivity index (χ1) is 8.97. The largest absolute Gasteiger partial charge is 0.489 e. The molecule has 0 aliphatic carbocycles. The van der Waals surface area contributed by atoms with Crippen molar-refractivity contribution in [3.8, 4) is 5.75 Å². The quantitative estimate of drug-likeness (QED) is 0.632. The number of ether oxygens (including phenoxy) is 1. The molecule has 6 nitrogen and oxygen atoms in total. The van der Waals surface area contributed by atoms with Crippen molar-refractivity contribution < 1.29 is 18.3 Å². The normalized spacial score (nSPS) is 17.2. The van der Waals surface area contributed by atoms with Crippen LogP contribution in [0.1, 0.15) is 12.8 Å². The molecule has 0 unspecified atom stereocenters. The Balaban J connectivity index is 2.65. The topological polar surface area (TPSA) is 81.8 Å².